The first kappa shape index (κ1) is 42.2. The lowest BCUT2D eigenvalue weighted by Crippen LogP contribution is -2.30. The second-order valence-corrected chi connectivity index (χ2v) is 17.7. The molecule has 4 nitrogen and oxygen atoms in total. The van der Waals surface area contributed by atoms with E-state index in [-0.39, 0.29) is 6.04 Å². The molecule has 0 fully saturated rings. The van der Waals surface area contributed by atoms with Gasteiger partial charge in [0.05, 0.1) is 17.4 Å². The molecule has 0 radical (unpaired) electrons. The summed E-state index contributed by atoms with van der Waals surface area (Å²) in [6.45, 7) is 0. The van der Waals surface area contributed by atoms with Gasteiger partial charge in [0.15, 0.2) is 0 Å². The summed E-state index contributed by atoms with van der Waals surface area (Å²) in [4.78, 5) is 9.60. The second-order valence-electron chi connectivity index (χ2n) is 17.7. The number of rotatable bonds is 12. The van der Waals surface area contributed by atoms with Gasteiger partial charge >= 0.3 is 0 Å². The minimum atomic E-state index is 0.168. The Bertz CT molecular complexity index is 3460. The lowest BCUT2D eigenvalue weighted by Gasteiger charge is -2.34. The van der Waals surface area contributed by atoms with E-state index in [0.29, 0.717) is 0 Å². The van der Waals surface area contributed by atoms with E-state index in [0.717, 1.165) is 63.3 Å². The Morgan fingerprint density at radius 1 is 0.257 bits per heavy atom. The van der Waals surface area contributed by atoms with Gasteiger partial charge in [0, 0.05) is 67.3 Å². The standard InChI is InChI=1S/C66H50N4/c1-4-25-52(26-5-1)68(64-34-16-22-49-19-10-13-31-61(49)64)58-43-37-55(38-44-58)67(56-39-45-59(46-40-56)69(53-27-6-2-7-28-53)65-35-17-23-50-20-11-14-32-62(50)65)57-41-47-60(48-42-57)70(54-29-8-3-9-30-54)66-36-18-24-51-21-12-15-33-63(51)66/h1-29,31-48,54H,30H2. The lowest BCUT2D eigenvalue weighted by atomic mass is 10.0. The Kier molecular flexibility index (Phi) is 11.4. The van der Waals surface area contributed by atoms with E-state index in [9.17, 15) is 0 Å². The Morgan fingerprint density at radius 3 is 1.00 bits per heavy atom. The predicted octanol–water partition coefficient (Wildman–Crippen LogP) is 18.6. The Hall–Kier alpha value is -9.12. The molecule has 0 saturated heterocycles. The van der Waals surface area contributed by atoms with Gasteiger partial charge in [0.1, 0.15) is 0 Å². The minimum absolute atomic E-state index is 0.168. The van der Waals surface area contributed by atoms with Crippen molar-refractivity contribution in [1.29, 1.82) is 0 Å². The van der Waals surface area contributed by atoms with Crippen LogP contribution in [0, 0.1) is 0 Å². The van der Waals surface area contributed by atoms with E-state index in [1.54, 1.807) is 0 Å². The number of nitrogens with zero attached hydrogens (tertiary/aromatic N) is 4. The van der Waals surface area contributed by atoms with Crippen LogP contribution in [0.15, 0.2) is 285 Å². The smallest absolute Gasteiger partial charge is 0.0560 e. The molecule has 334 valence electrons. The van der Waals surface area contributed by atoms with Crippen LogP contribution >= 0.6 is 0 Å². The third-order valence-electron chi connectivity index (χ3n) is 13.5. The van der Waals surface area contributed by atoms with Gasteiger partial charge in [-0.2, -0.15) is 0 Å². The maximum absolute atomic E-state index is 2.50. The van der Waals surface area contributed by atoms with Crippen LogP contribution in [0.4, 0.5) is 62.6 Å². The Labute approximate surface area is 410 Å². The normalized spacial score (nSPS) is 13.1. The number of hydrogen-bond donors (Lipinski definition) is 0. The molecule has 0 heterocycles. The van der Waals surface area contributed by atoms with Gasteiger partial charge in [-0.25, -0.2) is 0 Å². The van der Waals surface area contributed by atoms with Gasteiger partial charge in [-0.3, -0.25) is 0 Å². The summed E-state index contributed by atoms with van der Waals surface area (Å²) in [6, 6.07) is 94.4. The van der Waals surface area contributed by atoms with Gasteiger partial charge in [-0.15, -0.1) is 0 Å². The molecule has 1 aliphatic carbocycles. The highest BCUT2D eigenvalue weighted by Crippen LogP contribution is 2.45. The van der Waals surface area contributed by atoms with E-state index < -0.39 is 0 Å². The van der Waals surface area contributed by atoms with E-state index in [2.05, 4.69) is 305 Å². The molecule has 4 heteroatoms. The van der Waals surface area contributed by atoms with E-state index >= 15 is 0 Å². The molecule has 0 aromatic heterocycles. The quantitative estimate of drug-likeness (QED) is 0.121. The van der Waals surface area contributed by atoms with Crippen molar-refractivity contribution in [3.63, 3.8) is 0 Å². The molecule has 0 amide bonds. The minimum Gasteiger partial charge on any atom is -0.334 e. The van der Waals surface area contributed by atoms with E-state index in [4.69, 9.17) is 0 Å². The zero-order valence-corrected chi connectivity index (χ0v) is 38.7. The molecular formula is C66H50N4. The molecule has 0 N–H and O–H groups in total. The maximum atomic E-state index is 2.50. The SMILES string of the molecule is C1=CCC(N(c2ccc(N(c3ccc(N(c4ccccc4)c4cccc5ccccc45)cc3)c3ccc(N(c4ccccc4)c4cccc5ccccc45)cc3)cc2)c2cccc3ccccc23)C=C1. The summed E-state index contributed by atoms with van der Waals surface area (Å²) in [7, 11) is 0. The highest BCUT2D eigenvalue weighted by atomic mass is 15.2. The summed E-state index contributed by atoms with van der Waals surface area (Å²) in [6.07, 6.45) is 9.83. The van der Waals surface area contributed by atoms with Crippen molar-refractivity contribution in [3.05, 3.63) is 285 Å². The fourth-order valence-corrected chi connectivity index (χ4v) is 10.2. The van der Waals surface area contributed by atoms with Crippen LogP contribution in [-0.2, 0) is 0 Å². The highest BCUT2D eigenvalue weighted by molar-refractivity contribution is 6.01. The zero-order chi connectivity index (χ0) is 46.6. The Morgan fingerprint density at radius 2 is 0.586 bits per heavy atom. The van der Waals surface area contributed by atoms with Gasteiger partial charge in [-0.05, 0) is 138 Å². The number of hydrogen-bond acceptors (Lipinski definition) is 4. The van der Waals surface area contributed by atoms with Gasteiger partial charge in [0.2, 0.25) is 0 Å². The first-order valence-corrected chi connectivity index (χ1v) is 24.1. The average molecular weight is 899 g/mol. The van der Waals surface area contributed by atoms with Gasteiger partial charge in [-0.1, -0.05) is 170 Å². The summed E-state index contributed by atoms with van der Waals surface area (Å²) in [5.74, 6) is 0. The average Bonchev–Trinajstić information content (AvgIpc) is 3.43. The molecule has 11 aromatic rings. The monoisotopic (exact) mass is 898 g/mol. The van der Waals surface area contributed by atoms with Crippen LogP contribution in [-0.4, -0.2) is 6.04 Å². The third kappa shape index (κ3) is 8.12. The topological polar surface area (TPSA) is 13.0 Å². The number of anilines is 11. The summed E-state index contributed by atoms with van der Waals surface area (Å²) in [5, 5.41) is 7.27. The summed E-state index contributed by atoms with van der Waals surface area (Å²) in [5.41, 5.74) is 12.1. The molecule has 1 atom stereocenters. The van der Waals surface area contributed by atoms with Crippen molar-refractivity contribution in [1.82, 2.24) is 0 Å². The molecule has 1 aliphatic rings. The number of fused-ring (bicyclic) bond motifs is 3. The fraction of sp³-hybridized carbons (Fsp3) is 0.0303. The van der Waals surface area contributed by atoms with E-state index in [1.807, 2.05) is 0 Å². The van der Waals surface area contributed by atoms with Crippen molar-refractivity contribution >= 4 is 94.9 Å². The predicted molar refractivity (Wildman–Crippen MR) is 298 cm³/mol. The Balaban J connectivity index is 0.978. The third-order valence-corrected chi connectivity index (χ3v) is 13.5. The van der Waals surface area contributed by atoms with Crippen molar-refractivity contribution in [3.8, 4) is 0 Å². The van der Waals surface area contributed by atoms with Crippen LogP contribution in [0.5, 0.6) is 0 Å². The first-order chi connectivity index (χ1) is 34.7. The van der Waals surface area contributed by atoms with Crippen LogP contribution < -0.4 is 19.6 Å². The molecule has 11 aromatic carbocycles. The molecule has 70 heavy (non-hydrogen) atoms. The van der Waals surface area contributed by atoms with Crippen LogP contribution in [0.1, 0.15) is 6.42 Å². The molecule has 0 spiro atoms. The number of allylic oxidation sites excluding steroid dienone is 2. The molecule has 12 rings (SSSR count). The molecular weight excluding hydrogens is 849 g/mol. The zero-order valence-electron chi connectivity index (χ0n) is 38.7. The lowest BCUT2D eigenvalue weighted by molar-refractivity contribution is 0.787. The largest absolute Gasteiger partial charge is 0.334 e. The number of para-hydroxylation sites is 2. The maximum Gasteiger partial charge on any atom is 0.0560 e. The fourth-order valence-electron chi connectivity index (χ4n) is 10.2. The molecule has 1 unspecified atom stereocenters. The second kappa shape index (κ2) is 18.9. The highest BCUT2D eigenvalue weighted by Gasteiger charge is 2.23. The van der Waals surface area contributed by atoms with Crippen LogP contribution in [0.25, 0.3) is 32.3 Å². The van der Waals surface area contributed by atoms with Crippen molar-refractivity contribution in [2.45, 2.75) is 12.5 Å². The summed E-state index contributed by atoms with van der Waals surface area (Å²) < 4.78 is 0. The van der Waals surface area contributed by atoms with E-state index in [1.165, 1.54) is 38.0 Å². The van der Waals surface area contributed by atoms with Crippen molar-refractivity contribution in [2.24, 2.45) is 0 Å². The van der Waals surface area contributed by atoms with Crippen LogP contribution in [0.3, 0.4) is 0 Å². The van der Waals surface area contributed by atoms with Crippen LogP contribution in [0.2, 0.25) is 0 Å². The molecule has 0 aliphatic heterocycles. The van der Waals surface area contributed by atoms with Crippen molar-refractivity contribution < 1.29 is 0 Å². The van der Waals surface area contributed by atoms with Crippen molar-refractivity contribution in [2.75, 3.05) is 19.6 Å². The van der Waals surface area contributed by atoms with Gasteiger partial charge < -0.3 is 19.6 Å². The first-order valence-electron chi connectivity index (χ1n) is 24.1. The molecule has 0 saturated carbocycles. The van der Waals surface area contributed by atoms with Gasteiger partial charge in [0.25, 0.3) is 0 Å². The summed E-state index contributed by atoms with van der Waals surface area (Å²) >= 11 is 0. The number of benzene rings is 11. The molecule has 0 bridgehead atoms.